The lowest BCUT2D eigenvalue weighted by Crippen LogP contribution is -2.34. The molecule has 0 saturated heterocycles. The summed E-state index contributed by atoms with van der Waals surface area (Å²) in [6.45, 7) is 7.52. The standard InChI is InChI=1S/C14H25N5O2/c1-4-7-10-12(15)13(18-17-10)14(21)16-9-8-11(20)19(5-2)6-3/h4-9,15H2,1-3H3,(H,16,21)(H,17,18). The van der Waals surface area contributed by atoms with E-state index in [4.69, 9.17) is 5.73 Å². The fourth-order valence-electron chi connectivity index (χ4n) is 2.10. The minimum atomic E-state index is -0.349. The van der Waals surface area contributed by atoms with Crippen LogP contribution in [0.1, 0.15) is 49.8 Å². The molecule has 4 N–H and O–H groups in total. The zero-order valence-electron chi connectivity index (χ0n) is 13.0. The molecule has 0 aliphatic carbocycles. The number of nitrogens with one attached hydrogen (secondary N) is 2. The first-order valence-corrected chi connectivity index (χ1v) is 7.43. The fourth-order valence-corrected chi connectivity index (χ4v) is 2.10. The number of nitrogen functional groups attached to an aromatic ring is 1. The maximum Gasteiger partial charge on any atom is 0.273 e. The van der Waals surface area contributed by atoms with E-state index in [2.05, 4.69) is 15.5 Å². The summed E-state index contributed by atoms with van der Waals surface area (Å²) in [6, 6.07) is 0. The van der Waals surface area contributed by atoms with Gasteiger partial charge in [0.2, 0.25) is 5.91 Å². The highest BCUT2D eigenvalue weighted by Gasteiger charge is 2.17. The Bertz CT molecular complexity index is 480. The third kappa shape index (κ3) is 4.47. The zero-order chi connectivity index (χ0) is 15.8. The summed E-state index contributed by atoms with van der Waals surface area (Å²) < 4.78 is 0. The summed E-state index contributed by atoms with van der Waals surface area (Å²) in [5, 5.41) is 9.40. The van der Waals surface area contributed by atoms with E-state index < -0.39 is 0 Å². The Morgan fingerprint density at radius 2 is 1.95 bits per heavy atom. The number of nitrogens with two attached hydrogens (primary N) is 1. The molecule has 0 aliphatic rings. The van der Waals surface area contributed by atoms with Crippen LogP contribution < -0.4 is 11.1 Å². The second-order valence-electron chi connectivity index (χ2n) is 4.79. The van der Waals surface area contributed by atoms with Gasteiger partial charge in [-0.1, -0.05) is 13.3 Å². The highest BCUT2D eigenvalue weighted by atomic mass is 16.2. The number of hydrogen-bond acceptors (Lipinski definition) is 4. The third-order valence-corrected chi connectivity index (χ3v) is 3.34. The van der Waals surface area contributed by atoms with Crippen molar-refractivity contribution in [3.8, 4) is 0 Å². The predicted molar refractivity (Wildman–Crippen MR) is 81.9 cm³/mol. The second kappa shape index (κ2) is 8.28. The molecule has 0 unspecified atom stereocenters. The Labute approximate surface area is 125 Å². The smallest absolute Gasteiger partial charge is 0.273 e. The first-order chi connectivity index (χ1) is 10.0. The van der Waals surface area contributed by atoms with E-state index in [0.29, 0.717) is 18.8 Å². The Morgan fingerprint density at radius 1 is 1.29 bits per heavy atom. The number of amides is 2. The molecule has 0 aliphatic heterocycles. The quantitative estimate of drug-likeness (QED) is 0.663. The van der Waals surface area contributed by atoms with E-state index in [9.17, 15) is 9.59 Å². The highest BCUT2D eigenvalue weighted by molar-refractivity contribution is 5.97. The topological polar surface area (TPSA) is 104 Å². The number of anilines is 1. The molecule has 0 aromatic carbocycles. The number of H-pyrrole nitrogens is 1. The van der Waals surface area contributed by atoms with Crippen LogP contribution in [0, 0.1) is 0 Å². The van der Waals surface area contributed by atoms with Crippen molar-refractivity contribution >= 4 is 17.5 Å². The molecule has 1 heterocycles. The summed E-state index contributed by atoms with van der Waals surface area (Å²) in [5.74, 6) is -0.319. The molecule has 1 aromatic heterocycles. The van der Waals surface area contributed by atoms with Crippen molar-refractivity contribution in [2.75, 3.05) is 25.4 Å². The molecule has 21 heavy (non-hydrogen) atoms. The van der Waals surface area contributed by atoms with Crippen molar-refractivity contribution < 1.29 is 9.59 Å². The largest absolute Gasteiger partial charge is 0.395 e. The molecule has 118 valence electrons. The lowest BCUT2D eigenvalue weighted by Gasteiger charge is -2.18. The van der Waals surface area contributed by atoms with Gasteiger partial charge in [0.25, 0.3) is 5.91 Å². The Kier molecular flexibility index (Phi) is 6.71. The van der Waals surface area contributed by atoms with E-state index >= 15 is 0 Å². The molecule has 1 rings (SSSR count). The molecule has 0 fully saturated rings. The molecule has 0 radical (unpaired) electrons. The summed E-state index contributed by atoms with van der Waals surface area (Å²) >= 11 is 0. The average Bonchev–Trinajstić information content (AvgIpc) is 2.82. The maximum absolute atomic E-state index is 12.0. The monoisotopic (exact) mass is 295 g/mol. The predicted octanol–water partition coefficient (Wildman–Crippen LogP) is 0.933. The van der Waals surface area contributed by atoms with Crippen molar-refractivity contribution in [2.45, 2.75) is 40.0 Å². The van der Waals surface area contributed by atoms with Crippen LogP contribution in [0.4, 0.5) is 5.69 Å². The Hall–Kier alpha value is -2.05. The first-order valence-electron chi connectivity index (χ1n) is 7.43. The lowest BCUT2D eigenvalue weighted by atomic mass is 10.2. The van der Waals surface area contributed by atoms with E-state index in [1.807, 2.05) is 20.8 Å². The van der Waals surface area contributed by atoms with Gasteiger partial charge in [0.15, 0.2) is 5.69 Å². The average molecular weight is 295 g/mol. The van der Waals surface area contributed by atoms with Gasteiger partial charge in [0.05, 0.1) is 11.4 Å². The van der Waals surface area contributed by atoms with Crippen LogP contribution in [0.25, 0.3) is 0 Å². The lowest BCUT2D eigenvalue weighted by molar-refractivity contribution is -0.130. The molecule has 2 amide bonds. The van der Waals surface area contributed by atoms with Gasteiger partial charge in [-0.05, 0) is 20.3 Å². The number of carbonyl (C=O) groups is 2. The van der Waals surface area contributed by atoms with Crippen LogP contribution in [0.15, 0.2) is 0 Å². The van der Waals surface area contributed by atoms with E-state index in [1.165, 1.54) is 0 Å². The number of carbonyl (C=O) groups excluding carboxylic acids is 2. The van der Waals surface area contributed by atoms with Gasteiger partial charge in [-0.2, -0.15) is 5.10 Å². The molecule has 7 nitrogen and oxygen atoms in total. The van der Waals surface area contributed by atoms with Crippen LogP contribution >= 0.6 is 0 Å². The molecular formula is C14H25N5O2. The van der Waals surface area contributed by atoms with E-state index in [0.717, 1.165) is 18.5 Å². The number of rotatable bonds is 8. The van der Waals surface area contributed by atoms with E-state index in [1.54, 1.807) is 4.90 Å². The SMILES string of the molecule is CCCc1[nH]nc(C(=O)NCCC(=O)N(CC)CC)c1N. The van der Waals surface area contributed by atoms with Crippen LogP contribution in [-0.4, -0.2) is 46.5 Å². The van der Waals surface area contributed by atoms with Gasteiger partial charge in [-0.3, -0.25) is 14.7 Å². The van der Waals surface area contributed by atoms with Crippen molar-refractivity contribution in [1.82, 2.24) is 20.4 Å². The van der Waals surface area contributed by atoms with Crippen LogP contribution in [0.3, 0.4) is 0 Å². The number of aromatic amines is 1. The molecule has 1 aromatic rings. The number of aromatic nitrogens is 2. The van der Waals surface area contributed by atoms with E-state index in [-0.39, 0.29) is 30.5 Å². The number of nitrogens with zero attached hydrogens (tertiary/aromatic N) is 2. The van der Waals surface area contributed by atoms with Crippen molar-refractivity contribution in [3.05, 3.63) is 11.4 Å². The van der Waals surface area contributed by atoms with Gasteiger partial charge in [0, 0.05) is 26.1 Å². The Morgan fingerprint density at radius 3 is 2.52 bits per heavy atom. The Balaban J connectivity index is 2.49. The highest BCUT2D eigenvalue weighted by Crippen LogP contribution is 2.15. The molecule has 0 saturated carbocycles. The van der Waals surface area contributed by atoms with Crippen LogP contribution in [0.5, 0.6) is 0 Å². The first kappa shape index (κ1) is 17.0. The van der Waals surface area contributed by atoms with Gasteiger partial charge in [-0.15, -0.1) is 0 Å². The van der Waals surface area contributed by atoms with Gasteiger partial charge < -0.3 is 16.0 Å². The van der Waals surface area contributed by atoms with Crippen LogP contribution in [-0.2, 0) is 11.2 Å². The molecule has 7 heteroatoms. The summed E-state index contributed by atoms with van der Waals surface area (Å²) in [5.41, 5.74) is 7.26. The van der Waals surface area contributed by atoms with Gasteiger partial charge >= 0.3 is 0 Å². The minimum absolute atomic E-state index is 0.0296. The fraction of sp³-hybridized carbons (Fsp3) is 0.643. The van der Waals surface area contributed by atoms with Crippen molar-refractivity contribution in [2.24, 2.45) is 0 Å². The van der Waals surface area contributed by atoms with Crippen molar-refractivity contribution in [3.63, 3.8) is 0 Å². The summed E-state index contributed by atoms with van der Waals surface area (Å²) in [6.07, 6.45) is 1.96. The molecule has 0 spiro atoms. The molecular weight excluding hydrogens is 270 g/mol. The van der Waals surface area contributed by atoms with Gasteiger partial charge in [-0.25, -0.2) is 0 Å². The zero-order valence-corrected chi connectivity index (χ0v) is 13.0. The van der Waals surface area contributed by atoms with Gasteiger partial charge in [0.1, 0.15) is 0 Å². The number of aryl methyl sites for hydroxylation is 1. The molecule has 0 bridgehead atoms. The minimum Gasteiger partial charge on any atom is -0.395 e. The second-order valence-corrected chi connectivity index (χ2v) is 4.79. The summed E-state index contributed by atoms with van der Waals surface area (Å²) in [4.78, 5) is 25.5. The third-order valence-electron chi connectivity index (χ3n) is 3.34. The summed E-state index contributed by atoms with van der Waals surface area (Å²) in [7, 11) is 0. The maximum atomic E-state index is 12.0. The van der Waals surface area contributed by atoms with Crippen molar-refractivity contribution in [1.29, 1.82) is 0 Å². The number of hydrogen-bond donors (Lipinski definition) is 3. The molecule has 0 atom stereocenters. The van der Waals surface area contributed by atoms with Crippen LogP contribution in [0.2, 0.25) is 0 Å². The normalized spacial score (nSPS) is 10.4.